The Bertz CT molecular complexity index is 351. The number of hydrogen-bond acceptors (Lipinski definition) is 2. The molecule has 0 saturated carbocycles. The van der Waals surface area contributed by atoms with E-state index in [1.54, 1.807) is 0 Å². The maximum atomic E-state index is 9.24. The Morgan fingerprint density at radius 2 is 2.40 bits per heavy atom. The molecule has 0 aliphatic heterocycles. The number of aliphatic hydroxyl groups excluding tert-OH is 1. The van der Waals surface area contributed by atoms with E-state index in [0.717, 1.165) is 12.8 Å². The van der Waals surface area contributed by atoms with Crippen LogP contribution >= 0.6 is 15.9 Å². The minimum atomic E-state index is -0.277. The number of fused-ring (bicyclic) bond motifs is 1. The van der Waals surface area contributed by atoms with Gasteiger partial charge in [-0.1, -0.05) is 28.1 Å². The van der Waals surface area contributed by atoms with Crippen LogP contribution in [0.25, 0.3) is 0 Å². The highest BCUT2D eigenvalue weighted by Crippen LogP contribution is 2.35. The van der Waals surface area contributed by atoms with Crippen LogP contribution in [0.2, 0.25) is 0 Å². The van der Waals surface area contributed by atoms with E-state index in [4.69, 9.17) is 0 Å². The van der Waals surface area contributed by atoms with E-state index in [1.165, 1.54) is 15.6 Å². The number of hydrogen-bond donors (Lipinski definition) is 2. The van der Waals surface area contributed by atoms with Crippen LogP contribution in [-0.4, -0.2) is 17.8 Å². The van der Waals surface area contributed by atoms with Crippen LogP contribution < -0.4 is 5.32 Å². The number of halogens is 1. The standard InChI is InChI=1S/C12H16BrNO/c1-8(15)7-14-12-6-5-9-10(12)3-2-4-11(9)13/h2-4,8,12,14-15H,5-7H2,1H3. The Morgan fingerprint density at radius 1 is 1.60 bits per heavy atom. The second-order valence-electron chi connectivity index (χ2n) is 4.16. The molecule has 1 aliphatic rings. The van der Waals surface area contributed by atoms with E-state index in [9.17, 15) is 5.11 Å². The second-order valence-corrected chi connectivity index (χ2v) is 5.01. The summed E-state index contributed by atoms with van der Waals surface area (Å²) in [6.45, 7) is 2.47. The van der Waals surface area contributed by atoms with Gasteiger partial charge in [0.2, 0.25) is 0 Å². The van der Waals surface area contributed by atoms with E-state index in [-0.39, 0.29) is 6.10 Å². The molecule has 2 nitrogen and oxygen atoms in total. The van der Waals surface area contributed by atoms with Crippen LogP contribution in [0.5, 0.6) is 0 Å². The summed E-state index contributed by atoms with van der Waals surface area (Å²) in [5.74, 6) is 0. The molecule has 2 atom stereocenters. The Balaban J connectivity index is 2.11. The molecule has 0 heterocycles. The van der Waals surface area contributed by atoms with Crippen molar-refractivity contribution in [2.24, 2.45) is 0 Å². The van der Waals surface area contributed by atoms with Crippen LogP contribution in [0.1, 0.15) is 30.5 Å². The molecule has 0 fully saturated rings. The van der Waals surface area contributed by atoms with Crippen molar-refractivity contribution in [3.8, 4) is 0 Å². The molecule has 2 N–H and O–H groups in total. The van der Waals surface area contributed by atoms with Gasteiger partial charge in [-0.2, -0.15) is 0 Å². The summed E-state index contributed by atoms with van der Waals surface area (Å²) in [4.78, 5) is 0. The lowest BCUT2D eigenvalue weighted by atomic mass is 10.1. The molecule has 0 saturated heterocycles. The molecule has 0 spiro atoms. The third kappa shape index (κ3) is 2.41. The fraction of sp³-hybridized carbons (Fsp3) is 0.500. The minimum Gasteiger partial charge on any atom is -0.392 e. The van der Waals surface area contributed by atoms with E-state index in [1.807, 2.05) is 6.92 Å². The highest BCUT2D eigenvalue weighted by molar-refractivity contribution is 9.10. The zero-order valence-corrected chi connectivity index (χ0v) is 10.4. The van der Waals surface area contributed by atoms with Crippen molar-refractivity contribution in [1.82, 2.24) is 5.32 Å². The first-order valence-electron chi connectivity index (χ1n) is 5.37. The summed E-state index contributed by atoms with van der Waals surface area (Å²) < 4.78 is 1.21. The first kappa shape index (κ1) is 11.1. The van der Waals surface area contributed by atoms with Crippen LogP contribution in [0.3, 0.4) is 0 Å². The van der Waals surface area contributed by atoms with Crippen molar-refractivity contribution in [3.63, 3.8) is 0 Å². The highest BCUT2D eigenvalue weighted by Gasteiger charge is 2.23. The molecule has 82 valence electrons. The Kier molecular flexibility index (Phi) is 3.44. The fourth-order valence-corrected chi connectivity index (χ4v) is 2.71. The van der Waals surface area contributed by atoms with Gasteiger partial charge in [-0.05, 0) is 37.0 Å². The van der Waals surface area contributed by atoms with E-state index < -0.39 is 0 Å². The number of nitrogens with one attached hydrogen (secondary N) is 1. The van der Waals surface area contributed by atoms with Crippen LogP contribution in [0, 0.1) is 0 Å². The maximum Gasteiger partial charge on any atom is 0.0636 e. The molecule has 0 bridgehead atoms. The van der Waals surface area contributed by atoms with Crippen LogP contribution in [0.15, 0.2) is 22.7 Å². The molecular formula is C12H16BrNO. The van der Waals surface area contributed by atoms with Crippen LogP contribution in [-0.2, 0) is 6.42 Å². The molecule has 1 aromatic carbocycles. The predicted octanol–water partition coefficient (Wildman–Crippen LogP) is 2.41. The van der Waals surface area contributed by atoms with Gasteiger partial charge in [0.05, 0.1) is 6.10 Å². The van der Waals surface area contributed by atoms with Crippen molar-refractivity contribution in [2.75, 3.05) is 6.54 Å². The zero-order chi connectivity index (χ0) is 10.8. The normalized spacial score (nSPS) is 21.4. The van der Waals surface area contributed by atoms with Crippen LogP contribution in [0.4, 0.5) is 0 Å². The van der Waals surface area contributed by atoms with Crippen molar-refractivity contribution < 1.29 is 5.11 Å². The van der Waals surface area contributed by atoms with Gasteiger partial charge in [-0.3, -0.25) is 0 Å². The molecule has 3 heteroatoms. The van der Waals surface area contributed by atoms with Gasteiger partial charge in [0.1, 0.15) is 0 Å². The zero-order valence-electron chi connectivity index (χ0n) is 8.83. The Hall–Kier alpha value is -0.380. The van der Waals surface area contributed by atoms with Gasteiger partial charge < -0.3 is 10.4 Å². The third-order valence-corrected chi connectivity index (χ3v) is 3.62. The quantitative estimate of drug-likeness (QED) is 0.884. The molecule has 0 aromatic heterocycles. The topological polar surface area (TPSA) is 32.3 Å². The van der Waals surface area contributed by atoms with E-state index in [2.05, 4.69) is 39.4 Å². The van der Waals surface area contributed by atoms with Gasteiger partial charge in [0.25, 0.3) is 0 Å². The van der Waals surface area contributed by atoms with Gasteiger partial charge in [0.15, 0.2) is 0 Å². The van der Waals surface area contributed by atoms with Gasteiger partial charge in [-0.25, -0.2) is 0 Å². The fourth-order valence-electron chi connectivity index (χ4n) is 2.13. The molecule has 2 rings (SSSR count). The molecule has 1 aromatic rings. The van der Waals surface area contributed by atoms with Gasteiger partial charge in [0, 0.05) is 17.1 Å². The van der Waals surface area contributed by atoms with Crippen molar-refractivity contribution in [1.29, 1.82) is 0 Å². The SMILES string of the molecule is CC(O)CNC1CCc2c(Br)cccc21. The van der Waals surface area contributed by atoms with E-state index >= 15 is 0 Å². The monoisotopic (exact) mass is 269 g/mol. The van der Waals surface area contributed by atoms with Crippen molar-refractivity contribution in [2.45, 2.75) is 31.9 Å². The lowest BCUT2D eigenvalue weighted by molar-refractivity contribution is 0.186. The second kappa shape index (κ2) is 4.64. The summed E-state index contributed by atoms with van der Waals surface area (Å²) in [6.07, 6.45) is 1.97. The summed E-state index contributed by atoms with van der Waals surface area (Å²) in [6, 6.07) is 6.75. The molecule has 15 heavy (non-hydrogen) atoms. The summed E-state index contributed by atoms with van der Waals surface area (Å²) in [5.41, 5.74) is 2.80. The lowest BCUT2D eigenvalue weighted by Crippen LogP contribution is -2.27. The third-order valence-electron chi connectivity index (χ3n) is 2.87. The van der Waals surface area contributed by atoms with Crippen molar-refractivity contribution >= 4 is 15.9 Å². The number of benzene rings is 1. The first-order valence-corrected chi connectivity index (χ1v) is 6.16. The summed E-state index contributed by atoms with van der Waals surface area (Å²) >= 11 is 3.58. The van der Waals surface area contributed by atoms with E-state index in [0.29, 0.717) is 12.6 Å². The minimum absolute atomic E-state index is 0.277. The first-order chi connectivity index (χ1) is 7.18. The number of rotatable bonds is 3. The highest BCUT2D eigenvalue weighted by atomic mass is 79.9. The smallest absolute Gasteiger partial charge is 0.0636 e. The Morgan fingerprint density at radius 3 is 3.13 bits per heavy atom. The lowest BCUT2D eigenvalue weighted by Gasteiger charge is -2.15. The predicted molar refractivity (Wildman–Crippen MR) is 64.9 cm³/mol. The van der Waals surface area contributed by atoms with Crippen molar-refractivity contribution in [3.05, 3.63) is 33.8 Å². The maximum absolute atomic E-state index is 9.24. The van der Waals surface area contributed by atoms with Gasteiger partial charge in [-0.15, -0.1) is 0 Å². The molecule has 2 unspecified atom stereocenters. The number of aliphatic hydroxyl groups is 1. The average Bonchev–Trinajstić information content (AvgIpc) is 2.59. The Labute approximate surface area is 98.8 Å². The molecular weight excluding hydrogens is 254 g/mol. The molecule has 0 amide bonds. The molecule has 1 aliphatic carbocycles. The largest absolute Gasteiger partial charge is 0.392 e. The van der Waals surface area contributed by atoms with Gasteiger partial charge >= 0.3 is 0 Å². The molecule has 0 radical (unpaired) electrons. The summed E-state index contributed by atoms with van der Waals surface area (Å²) in [7, 11) is 0. The average molecular weight is 270 g/mol. The summed E-state index contributed by atoms with van der Waals surface area (Å²) in [5, 5.41) is 12.6.